The topological polar surface area (TPSA) is 115 Å². The minimum atomic E-state index is -1.47. The molecule has 0 fully saturated rings. The van der Waals surface area contributed by atoms with Crippen molar-refractivity contribution in [2.75, 3.05) is 34.5 Å². The lowest BCUT2D eigenvalue weighted by Crippen LogP contribution is -2.58. The highest BCUT2D eigenvalue weighted by atomic mass is 16.9. The first-order valence-corrected chi connectivity index (χ1v) is 9.56. The molecule has 26 heavy (non-hydrogen) atoms. The van der Waals surface area contributed by atoms with Crippen LogP contribution >= 0.6 is 0 Å². The molecule has 158 valence electrons. The molecule has 0 aliphatic rings. The van der Waals surface area contributed by atoms with Crippen molar-refractivity contribution in [3.63, 3.8) is 0 Å². The van der Waals surface area contributed by atoms with Crippen molar-refractivity contribution in [1.29, 1.82) is 0 Å². The van der Waals surface area contributed by atoms with Crippen molar-refractivity contribution in [3.05, 3.63) is 0 Å². The monoisotopic (exact) mass is 378 g/mol. The van der Waals surface area contributed by atoms with E-state index in [-0.39, 0.29) is 12.1 Å². The Morgan fingerprint density at radius 3 is 1.81 bits per heavy atom. The molecule has 7 heteroatoms. The first-order chi connectivity index (χ1) is 12.0. The predicted molar refractivity (Wildman–Crippen MR) is 104 cm³/mol. The van der Waals surface area contributed by atoms with Crippen molar-refractivity contribution >= 4 is 5.97 Å². The van der Waals surface area contributed by atoms with Gasteiger partial charge in [-0.3, -0.25) is 4.79 Å². The van der Waals surface area contributed by atoms with Gasteiger partial charge in [0.1, 0.15) is 5.41 Å². The number of hydrogen-bond donors (Lipinski definition) is 2. The van der Waals surface area contributed by atoms with Crippen LogP contribution in [-0.4, -0.2) is 46.4 Å². The van der Waals surface area contributed by atoms with Crippen LogP contribution in [0.3, 0.4) is 0 Å². The summed E-state index contributed by atoms with van der Waals surface area (Å²) >= 11 is 0. The second kappa shape index (κ2) is 15.3. The van der Waals surface area contributed by atoms with Gasteiger partial charge in [-0.25, -0.2) is 0 Å². The smallest absolute Gasteiger partial charge is 0.320 e. The van der Waals surface area contributed by atoms with E-state index in [2.05, 4.69) is 6.92 Å². The van der Waals surface area contributed by atoms with Crippen LogP contribution in [0.25, 0.3) is 0 Å². The molecule has 0 aromatic carbocycles. The summed E-state index contributed by atoms with van der Waals surface area (Å²) in [5.41, 5.74) is 4.68. The zero-order valence-electron chi connectivity index (χ0n) is 17.6. The van der Waals surface area contributed by atoms with Gasteiger partial charge in [0.15, 0.2) is 0 Å². The number of carbonyl (C=O) groups excluding carboxylic acids is 1. The van der Waals surface area contributed by atoms with Crippen LogP contribution in [0.5, 0.6) is 0 Å². The van der Waals surface area contributed by atoms with Gasteiger partial charge in [-0.05, 0) is 32.7 Å². The van der Waals surface area contributed by atoms with Gasteiger partial charge in [0.25, 0.3) is 5.97 Å². The number of esters is 1. The predicted octanol–water partition coefficient (Wildman–Crippen LogP) is 3.78. The lowest BCUT2D eigenvalue weighted by molar-refractivity contribution is -0.402. The molecule has 0 amide bonds. The average Bonchev–Trinajstić information content (AvgIpc) is 2.63. The molecule has 0 spiro atoms. The third-order valence-electron chi connectivity index (χ3n) is 4.82. The Kier molecular flexibility index (Phi) is 16.2. The van der Waals surface area contributed by atoms with Crippen LogP contribution < -0.4 is 11.9 Å². The summed E-state index contributed by atoms with van der Waals surface area (Å²) in [5.74, 6) is -1.82. The van der Waals surface area contributed by atoms with Crippen LogP contribution in [-0.2, 0) is 23.7 Å². The van der Waals surface area contributed by atoms with Gasteiger partial charge in [-0.1, -0.05) is 45.4 Å². The highest BCUT2D eigenvalue weighted by Crippen LogP contribution is 2.45. The number of carbonyl (C=O) groups is 1. The fourth-order valence-electron chi connectivity index (χ4n) is 3.48. The van der Waals surface area contributed by atoms with Crippen molar-refractivity contribution in [2.45, 2.75) is 77.6 Å². The first kappa shape index (κ1) is 27.5. The summed E-state index contributed by atoms with van der Waals surface area (Å²) in [7, 11) is 4.47. The second-order valence-corrected chi connectivity index (χ2v) is 6.38. The number of ether oxygens (including phenoxy) is 4. The molecule has 0 bridgehead atoms. The highest BCUT2D eigenvalue weighted by molar-refractivity contribution is 5.78. The van der Waals surface area contributed by atoms with Crippen LogP contribution in [0, 0.1) is 5.41 Å². The molecule has 0 aliphatic heterocycles. The first-order valence-electron chi connectivity index (χ1n) is 9.56. The standard InChI is InChI=1S/C19H39NO5.H3N/c1-6-8-9-10-11-12-14-18(15-13-16-20,17(21)25-7-2)19(22-3,23-4)24-5;/h6-16,20H2,1-5H3;1H3. The number of hydrogen-bond acceptors (Lipinski definition) is 7. The van der Waals surface area contributed by atoms with Crippen molar-refractivity contribution in [1.82, 2.24) is 6.15 Å². The molecule has 0 heterocycles. The second-order valence-electron chi connectivity index (χ2n) is 6.38. The number of methoxy groups -OCH3 is 3. The van der Waals surface area contributed by atoms with Gasteiger partial charge in [0.2, 0.25) is 0 Å². The van der Waals surface area contributed by atoms with Crippen LogP contribution in [0.1, 0.15) is 71.6 Å². The molecule has 7 nitrogen and oxygen atoms in total. The van der Waals surface area contributed by atoms with E-state index in [0.717, 1.165) is 19.3 Å². The summed E-state index contributed by atoms with van der Waals surface area (Å²) in [6.07, 6.45) is 8.49. The minimum Gasteiger partial charge on any atom is -0.465 e. The maximum atomic E-state index is 13.0. The summed E-state index contributed by atoms with van der Waals surface area (Å²) in [6.45, 7) is 4.77. The summed E-state index contributed by atoms with van der Waals surface area (Å²) in [6, 6.07) is 0. The largest absolute Gasteiger partial charge is 0.465 e. The van der Waals surface area contributed by atoms with Gasteiger partial charge in [0.05, 0.1) is 6.61 Å². The molecule has 0 rings (SSSR count). The molecule has 1 atom stereocenters. The zero-order chi connectivity index (χ0) is 19.2. The van der Waals surface area contributed by atoms with E-state index in [4.69, 9.17) is 24.7 Å². The number of rotatable bonds is 16. The van der Waals surface area contributed by atoms with Crippen molar-refractivity contribution in [3.8, 4) is 0 Å². The molecular formula is C19H42N2O5. The number of unbranched alkanes of at least 4 members (excludes halogenated alkanes) is 5. The van der Waals surface area contributed by atoms with E-state index in [9.17, 15) is 4.79 Å². The number of nitrogens with two attached hydrogens (primary N) is 1. The quantitative estimate of drug-likeness (QED) is 0.238. The molecule has 0 saturated heterocycles. The fourth-order valence-corrected chi connectivity index (χ4v) is 3.48. The van der Waals surface area contributed by atoms with E-state index in [1.54, 1.807) is 6.92 Å². The summed E-state index contributed by atoms with van der Waals surface area (Å²) in [5, 5.41) is 0. The average molecular weight is 379 g/mol. The Morgan fingerprint density at radius 2 is 1.35 bits per heavy atom. The Hall–Kier alpha value is -0.730. The maximum Gasteiger partial charge on any atom is 0.320 e. The van der Waals surface area contributed by atoms with Crippen molar-refractivity contribution < 1.29 is 23.7 Å². The molecule has 0 radical (unpaired) electrons. The van der Waals surface area contributed by atoms with Gasteiger partial charge >= 0.3 is 5.97 Å². The van der Waals surface area contributed by atoms with Crippen molar-refractivity contribution in [2.24, 2.45) is 11.1 Å². The van der Waals surface area contributed by atoms with Crippen LogP contribution in [0.15, 0.2) is 0 Å². The van der Waals surface area contributed by atoms with E-state index in [0.29, 0.717) is 32.4 Å². The third kappa shape index (κ3) is 7.12. The summed E-state index contributed by atoms with van der Waals surface area (Å²) < 4.78 is 22.1. The Morgan fingerprint density at radius 1 is 0.846 bits per heavy atom. The van der Waals surface area contributed by atoms with Gasteiger partial charge in [-0.2, -0.15) is 0 Å². The van der Waals surface area contributed by atoms with Gasteiger partial charge in [0, 0.05) is 21.3 Å². The molecule has 1 unspecified atom stereocenters. The van der Waals surface area contributed by atoms with E-state index < -0.39 is 11.4 Å². The summed E-state index contributed by atoms with van der Waals surface area (Å²) in [4.78, 5) is 13.0. The molecule has 0 aromatic heterocycles. The van der Waals surface area contributed by atoms with E-state index in [1.807, 2.05) is 0 Å². The van der Waals surface area contributed by atoms with E-state index in [1.165, 1.54) is 40.6 Å². The highest BCUT2D eigenvalue weighted by Gasteiger charge is 2.59. The lowest BCUT2D eigenvalue weighted by Gasteiger charge is -2.45. The molecule has 0 aliphatic carbocycles. The minimum absolute atomic E-state index is 0. The van der Waals surface area contributed by atoms with E-state index >= 15 is 0 Å². The van der Waals surface area contributed by atoms with Crippen LogP contribution in [0.4, 0.5) is 0 Å². The lowest BCUT2D eigenvalue weighted by atomic mass is 9.75. The third-order valence-corrected chi connectivity index (χ3v) is 4.82. The van der Waals surface area contributed by atoms with Gasteiger partial charge < -0.3 is 30.8 Å². The maximum absolute atomic E-state index is 13.0. The zero-order valence-corrected chi connectivity index (χ0v) is 17.6. The molecule has 5 N–H and O–H groups in total. The molecular weight excluding hydrogens is 336 g/mol. The SMILES string of the molecule is CCCCCCCCC(CCCN)(C(=O)OCC)C(OC)(OC)OC.N. The molecule has 0 aromatic rings. The Bertz CT molecular complexity index is 343. The normalized spacial score (nSPS) is 13.8. The van der Waals surface area contributed by atoms with Crippen LogP contribution in [0.2, 0.25) is 0 Å². The fraction of sp³-hybridized carbons (Fsp3) is 0.947. The Balaban J connectivity index is 0. The molecule has 0 saturated carbocycles. The Labute approximate surface area is 159 Å². The van der Waals surface area contributed by atoms with Gasteiger partial charge in [-0.15, -0.1) is 0 Å².